The summed E-state index contributed by atoms with van der Waals surface area (Å²) in [7, 11) is 0. The minimum atomic E-state index is -0.876. The van der Waals surface area contributed by atoms with E-state index in [-0.39, 0.29) is 6.42 Å². The third-order valence-corrected chi connectivity index (χ3v) is 3.10. The Labute approximate surface area is 103 Å². The highest BCUT2D eigenvalue weighted by atomic mass is 79.9. The zero-order chi connectivity index (χ0) is 12.2. The molecule has 0 spiro atoms. The first-order valence-corrected chi connectivity index (χ1v) is 5.66. The van der Waals surface area contributed by atoms with Crippen molar-refractivity contribution in [3.05, 3.63) is 34.3 Å². The van der Waals surface area contributed by atoms with E-state index in [9.17, 15) is 4.79 Å². The predicted octanol–water partition coefficient (Wildman–Crippen LogP) is 3.10. The number of aliphatic carboxylic acids is 1. The van der Waals surface area contributed by atoms with Crippen LogP contribution in [0.1, 0.15) is 25.3 Å². The van der Waals surface area contributed by atoms with Gasteiger partial charge in [-0.15, -0.1) is 0 Å². The summed E-state index contributed by atoms with van der Waals surface area (Å²) in [5.41, 5.74) is 0.110. The highest BCUT2D eigenvalue weighted by Gasteiger charge is 2.26. The van der Waals surface area contributed by atoms with Crippen molar-refractivity contribution in [2.75, 3.05) is 0 Å². The van der Waals surface area contributed by atoms with E-state index in [2.05, 4.69) is 22.0 Å². The maximum absolute atomic E-state index is 10.5. The standard InChI is InChI=1S/C12H12BrNO2/c1-12(8-14,7-6-11(15)16)9-2-4-10(13)5-3-9/h2-5H,6-7H2,1H3,(H,15,16)/t12-/m0/s1. The van der Waals surface area contributed by atoms with E-state index in [1.807, 2.05) is 24.3 Å². The Hall–Kier alpha value is -1.34. The Bertz CT molecular complexity index is 422. The van der Waals surface area contributed by atoms with Gasteiger partial charge >= 0.3 is 5.97 Å². The molecule has 0 unspecified atom stereocenters. The lowest BCUT2D eigenvalue weighted by atomic mass is 9.80. The van der Waals surface area contributed by atoms with Gasteiger partial charge in [-0.1, -0.05) is 28.1 Å². The van der Waals surface area contributed by atoms with Crippen LogP contribution in [0, 0.1) is 11.3 Å². The van der Waals surface area contributed by atoms with E-state index in [0.717, 1.165) is 10.0 Å². The van der Waals surface area contributed by atoms with Crippen molar-refractivity contribution < 1.29 is 9.90 Å². The van der Waals surface area contributed by atoms with E-state index >= 15 is 0 Å². The molecule has 1 N–H and O–H groups in total. The molecular weight excluding hydrogens is 270 g/mol. The molecule has 4 heteroatoms. The number of carboxylic acids is 1. The Kier molecular flexibility index (Phi) is 4.08. The summed E-state index contributed by atoms with van der Waals surface area (Å²) in [6.45, 7) is 1.76. The maximum Gasteiger partial charge on any atom is 0.303 e. The van der Waals surface area contributed by atoms with Gasteiger partial charge in [0.2, 0.25) is 0 Å². The van der Waals surface area contributed by atoms with Gasteiger partial charge in [0, 0.05) is 10.9 Å². The average molecular weight is 282 g/mol. The molecule has 0 radical (unpaired) electrons. The van der Waals surface area contributed by atoms with Gasteiger partial charge in [0.05, 0.1) is 11.5 Å². The van der Waals surface area contributed by atoms with Crippen molar-refractivity contribution in [1.82, 2.24) is 0 Å². The summed E-state index contributed by atoms with van der Waals surface area (Å²) in [5.74, 6) is -0.876. The summed E-state index contributed by atoms with van der Waals surface area (Å²) in [5, 5.41) is 17.8. The average Bonchev–Trinajstić information content (AvgIpc) is 2.27. The van der Waals surface area contributed by atoms with Crippen LogP contribution in [0.4, 0.5) is 0 Å². The van der Waals surface area contributed by atoms with Gasteiger partial charge in [-0.3, -0.25) is 4.79 Å². The van der Waals surface area contributed by atoms with Crippen LogP contribution in [-0.4, -0.2) is 11.1 Å². The quantitative estimate of drug-likeness (QED) is 0.923. The molecule has 84 valence electrons. The number of nitriles is 1. The fraction of sp³-hybridized carbons (Fsp3) is 0.333. The first kappa shape index (κ1) is 12.7. The molecule has 1 aromatic carbocycles. The predicted molar refractivity (Wildman–Crippen MR) is 64.0 cm³/mol. The van der Waals surface area contributed by atoms with Gasteiger partial charge in [-0.05, 0) is 31.0 Å². The molecule has 1 atom stereocenters. The van der Waals surface area contributed by atoms with E-state index < -0.39 is 11.4 Å². The van der Waals surface area contributed by atoms with Crippen molar-refractivity contribution >= 4 is 21.9 Å². The first-order valence-electron chi connectivity index (χ1n) is 4.87. The number of carboxylic acid groups (broad SMARTS) is 1. The second-order valence-electron chi connectivity index (χ2n) is 3.84. The molecule has 16 heavy (non-hydrogen) atoms. The molecule has 0 aliphatic rings. The lowest BCUT2D eigenvalue weighted by Crippen LogP contribution is -2.20. The van der Waals surface area contributed by atoms with Crippen LogP contribution in [0.2, 0.25) is 0 Å². The van der Waals surface area contributed by atoms with E-state index in [4.69, 9.17) is 10.4 Å². The molecule has 1 rings (SSSR count). The molecule has 0 amide bonds. The minimum absolute atomic E-state index is 0.000123. The van der Waals surface area contributed by atoms with E-state index in [1.54, 1.807) is 6.92 Å². The first-order chi connectivity index (χ1) is 7.48. The number of nitrogens with zero attached hydrogens (tertiary/aromatic N) is 1. The number of halogens is 1. The molecule has 0 bridgehead atoms. The topological polar surface area (TPSA) is 61.1 Å². The number of rotatable bonds is 4. The van der Waals surface area contributed by atoms with Crippen LogP contribution < -0.4 is 0 Å². The van der Waals surface area contributed by atoms with Gasteiger partial charge < -0.3 is 5.11 Å². The van der Waals surface area contributed by atoms with Crippen molar-refractivity contribution in [1.29, 1.82) is 5.26 Å². The largest absolute Gasteiger partial charge is 0.481 e. The summed E-state index contributed by atoms with van der Waals surface area (Å²) >= 11 is 3.32. The molecule has 0 aliphatic carbocycles. The summed E-state index contributed by atoms with van der Waals surface area (Å²) in [6, 6.07) is 9.58. The fourth-order valence-corrected chi connectivity index (χ4v) is 1.70. The smallest absolute Gasteiger partial charge is 0.303 e. The Morgan fingerprint density at radius 1 is 1.50 bits per heavy atom. The highest BCUT2D eigenvalue weighted by Crippen LogP contribution is 2.29. The fourth-order valence-electron chi connectivity index (χ4n) is 1.44. The third kappa shape index (κ3) is 3.07. The molecule has 0 saturated carbocycles. The number of hydrogen-bond donors (Lipinski definition) is 1. The van der Waals surface area contributed by atoms with Crippen molar-refractivity contribution in [3.63, 3.8) is 0 Å². The van der Waals surface area contributed by atoms with Crippen LogP contribution in [0.25, 0.3) is 0 Å². The molecule has 0 aliphatic heterocycles. The molecule has 0 aromatic heterocycles. The van der Waals surface area contributed by atoms with E-state index in [1.165, 1.54) is 0 Å². The molecule has 1 aromatic rings. The number of hydrogen-bond acceptors (Lipinski definition) is 2. The van der Waals surface area contributed by atoms with Crippen LogP contribution in [0.3, 0.4) is 0 Å². The van der Waals surface area contributed by atoms with Crippen LogP contribution >= 0.6 is 15.9 Å². The van der Waals surface area contributed by atoms with Gasteiger partial charge in [-0.25, -0.2) is 0 Å². The highest BCUT2D eigenvalue weighted by molar-refractivity contribution is 9.10. The van der Waals surface area contributed by atoms with Gasteiger partial charge in [-0.2, -0.15) is 5.26 Å². The van der Waals surface area contributed by atoms with Gasteiger partial charge in [0.1, 0.15) is 0 Å². The van der Waals surface area contributed by atoms with Gasteiger partial charge in [0.25, 0.3) is 0 Å². The minimum Gasteiger partial charge on any atom is -0.481 e. The van der Waals surface area contributed by atoms with Crippen LogP contribution in [0.5, 0.6) is 0 Å². The number of carbonyl (C=O) groups is 1. The summed E-state index contributed by atoms with van der Waals surface area (Å²) < 4.78 is 0.940. The summed E-state index contributed by atoms with van der Waals surface area (Å²) in [4.78, 5) is 10.5. The van der Waals surface area contributed by atoms with Crippen LogP contribution in [0.15, 0.2) is 28.7 Å². The van der Waals surface area contributed by atoms with Crippen molar-refractivity contribution in [3.8, 4) is 6.07 Å². The SMILES string of the molecule is C[C@@](C#N)(CCC(=O)O)c1ccc(Br)cc1. The third-order valence-electron chi connectivity index (χ3n) is 2.57. The molecule has 3 nitrogen and oxygen atoms in total. The molecule has 0 saturated heterocycles. The Balaban J connectivity index is 2.92. The monoisotopic (exact) mass is 281 g/mol. The lowest BCUT2D eigenvalue weighted by Gasteiger charge is -2.21. The number of benzene rings is 1. The molecule has 0 fully saturated rings. The normalized spacial score (nSPS) is 13.8. The Morgan fingerprint density at radius 2 is 2.06 bits per heavy atom. The van der Waals surface area contributed by atoms with Crippen molar-refractivity contribution in [2.45, 2.75) is 25.2 Å². The van der Waals surface area contributed by atoms with Crippen molar-refractivity contribution in [2.24, 2.45) is 0 Å². The second-order valence-corrected chi connectivity index (χ2v) is 4.76. The second kappa shape index (κ2) is 5.13. The zero-order valence-corrected chi connectivity index (χ0v) is 10.5. The molecule has 0 heterocycles. The summed E-state index contributed by atoms with van der Waals surface area (Å²) in [6.07, 6.45) is 0.320. The lowest BCUT2D eigenvalue weighted by molar-refractivity contribution is -0.137. The zero-order valence-electron chi connectivity index (χ0n) is 8.90. The Morgan fingerprint density at radius 3 is 2.50 bits per heavy atom. The maximum atomic E-state index is 10.5. The van der Waals surface area contributed by atoms with Gasteiger partial charge in [0.15, 0.2) is 0 Å². The molecular formula is C12H12BrNO2. The van der Waals surface area contributed by atoms with E-state index in [0.29, 0.717) is 6.42 Å². The van der Waals surface area contributed by atoms with Crippen LogP contribution in [-0.2, 0) is 10.2 Å².